The molecule has 126 valence electrons. The van der Waals surface area contributed by atoms with Gasteiger partial charge in [0.25, 0.3) is 5.56 Å². The number of thiophene rings is 1. The Kier molecular flexibility index (Phi) is 4.05. The number of thioether (sulfide) groups is 1. The fourth-order valence-corrected chi connectivity index (χ4v) is 4.59. The highest BCUT2D eigenvalue weighted by atomic mass is 32.2. The molecule has 0 saturated carbocycles. The summed E-state index contributed by atoms with van der Waals surface area (Å²) < 4.78 is 0. The molecule has 0 bridgehead atoms. The average molecular weight is 368 g/mol. The van der Waals surface area contributed by atoms with Gasteiger partial charge in [0.05, 0.1) is 27.9 Å². The summed E-state index contributed by atoms with van der Waals surface area (Å²) in [5.74, 6) is 1.22. The minimum absolute atomic E-state index is 0.0660. The summed E-state index contributed by atoms with van der Waals surface area (Å²) in [5.41, 5.74) is 3.60. The average Bonchev–Trinajstić information content (AvgIpc) is 2.87. The topological polar surface area (TPSA) is 71.5 Å². The molecule has 0 spiro atoms. The van der Waals surface area contributed by atoms with Crippen molar-refractivity contribution in [3.05, 3.63) is 56.6 Å². The van der Waals surface area contributed by atoms with Crippen molar-refractivity contribution in [3.63, 3.8) is 0 Å². The quantitative estimate of drug-likeness (QED) is 0.550. The van der Waals surface area contributed by atoms with Crippen LogP contribution in [0.5, 0.6) is 0 Å². The van der Waals surface area contributed by atoms with E-state index in [2.05, 4.69) is 19.9 Å². The van der Waals surface area contributed by atoms with Crippen LogP contribution in [0.15, 0.2) is 34.1 Å². The first-order chi connectivity index (χ1) is 12.0. The van der Waals surface area contributed by atoms with Crippen LogP contribution in [0, 0.1) is 20.8 Å². The SMILES string of the molecule is Cc1nc2ccccc2nc1SCc1nc2sc(C)c(C)c2c(=O)[nH]1. The summed E-state index contributed by atoms with van der Waals surface area (Å²) in [7, 11) is 0. The van der Waals surface area contributed by atoms with E-state index >= 15 is 0 Å². The van der Waals surface area contributed by atoms with E-state index in [0.29, 0.717) is 17.0 Å². The van der Waals surface area contributed by atoms with Crippen LogP contribution in [0.25, 0.3) is 21.3 Å². The lowest BCUT2D eigenvalue weighted by Crippen LogP contribution is -2.11. The maximum absolute atomic E-state index is 12.4. The van der Waals surface area contributed by atoms with Gasteiger partial charge in [0.2, 0.25) is 0 Å². The molecule has 4 rings (SSSR count). The third-order valence-corrected chi connectivity index (χ3v) is 6.31. The summed E-state index contributed by atoms with van der Waals surface area (Å²) in [6.45, 7) is 5.93. The first-order valence-electron chi connectivity index (χ1n) is 7.88. The lowest BCUT2D eigenvalue weighted by Gasteiger charge is -2.06. The smallest absolute Gasteiger partial charge is 0.259 e. The lowest BCUT2D eigenvalue weighted by molar-refractivity contribution is 1.02. The molecule has 7 heteroatoms. The van der Waals surface area contributed by atoms with E-state index < -0.39 is 0 Å². The minimum Gasteiger partial charge on any atom is -0.309 e. The molecule has 0 radical (unpaired) electrons. The van der Waals surface area contributed by atoms with Crippen LogP contribution >= 0.6 is 23.1 Å². The van der Waals surface area contributed by atoms with Crippen LogP contribution in [0.1, 0.15) is 22.0 Å². The summed E-state index contributed by atoms with van der Waals surface area (Å²) in [6.07, 6.45) is 0. The molecule has 0 unspecified atom stereocenters. The zero-order valence-corrected chi connectivity index (χ0v) is 15.7. The van der Waals surface area contributed by atoms with Crippen molar-refractivity contribution < 1.29 is 0 Å². The number of nitrogens with zero attached hydrogens (tertiary/aromatic N) is 3. The molecule has 5 nitrogen and oxygen atoms in total. The molecule has 0 atom stereocenters. The Morgan fingerprint density at radius 1 is 1.08 bits per heavy atom. The Morgan fingerprint density at radius 2 is 1.80 bits per heavy atom. The summed E-state index contributed by atoms with van der Waals surface area (Å²) in [4.78, 5) is 31.1. The van der Waals surface area contributed by atoms with Gasteiger partial charge in [0.1, 0.15) is 15.7 Å². The van der Waals surface area contributed by atoms with Crippen LogP contribution in [0.3, 0.4) is 0 Å². The largest absolute Gasteiger partial charge is 0.309 e. The van der Waals surface area contributed by atoms with Crippen LogP contribution in [-0.2, 0) is 5.75 Å². The summed E-state index contributed by atoms with van der Waals surface area (Å²) in [6, 6.07) is 7.82. The van der Waals surface area contributed by atoms with E-state index in [9.17, 15) is 4.79 Å². The fraction of sp³-hybridized carbons (Fsp3) is 0.222. The van der Waals surface area contributed by atoms with Crippen LogP contribution < -0.4 is 5.56 Å². The van der Waals surface area contributed by atoms with Crippen molar-refractivity contribution in [1.29, 1.82) is 0 Å². The second-order valence-corrected chi connectivity index (χ2v) is 8.03. The molecule has 4 aromatic rings. The van der Waals surface area contributed by atoms with Crippen molar-refractivity contribution in [1.82, 2.24) is 19.9 Å². The number of aromatic nitrogens is 4. The number of hydrogen-bond donors (Lipinski definition) is 1. The van der Waals surface area contributed by atoms with E-state index in [1.54, 1.807) is 23.1 Å². The van der Waals surface area contributed by atoms with Crippen LogP contribution in [0.2, 0.25) is 0 Å². The Balaban J connectivity index is 1.66. The van der Waals surface area contributed by atoms with Crippen molar-refractivity contribution in [2.45, 2.75) is 31.6 Å². The van der Waals surface area contributed by atoms with Gasteiger partial charge in [-0.25, -0.2) is 15.0 Å². The summed E-state index contributed by atoms with van der Waals surface area (Å²) in [5, 5.41) is 1.57. The van der Waals surface area contributed by atoms with Crippen molar-refractivity contribution in [3.8, 4) is 0 Å². The van der Waals surface area contributed by atoms with Gasteiger partial charge in [-0.05, 0) is 38.5 Å². The van der Waals surface area contributed by atoms with Gasteiger partial charge in [0, 0.05) is 4.88 Å². The van der Waals surface area contributed by atoms with Gasteiger partial charge in [-0.3, -0.25) is 4.79 Å². The zero-order valence-electron chi connectivity index (χ0n) is 14.1. The van der Waals surface area contributed by atoms with Gasteiger partial charge in [-0.15, -0.1) is 11.3 Å². The number of H-pyrrole nitrogens is 1. The molecule has 0 aliphatic carbocycles. The molecule has 0 aliphatic heterocycles. The Bertz CT molecular complexity index is 1160. The molecule has 3 heterocycles. The highest BCUT2D eigenvalue weighted by Crippen LogP contribution is 2.28. The van der Waals surface area contributed by atoms with Gasteiger partial charge in [0.15, 0.2) is 0 Å². The normalized spacial score (nSPS) is 11.5. The third kappa shape index (κ3) is 2.94. The Labute approximate surface area is 152 Å². The van der Waals surface area contributed by atoms with Gasteiger partial charge in [-0.1, -0.05) is 23.9 Å². The fourth-order valence-electron chi connectivity index (χ4n) is 2.71. The van der Waals surface area contributed by atoms with Gasteiger partial charge < -0.3 is 4.98 Å². The number of aromatic amines is 1. The second-order valence-electron chi connectivity index (χ2n) is 5.87. The number of hydrogen-bond acceptors (Lipinski definition) is 6. The highest BCUT2D eigenvalue weighted by molar-refractivity contribution is 7.98. The molecule has 1 N–H and O–H groups in total. The first kappa shape index (κ1) is 16.2. The Hall–Kier alpha value is -2.25. The standard InChI is InChI=1S/C18H16N4OS2/c1-9-11(3)25-18-15(9)16(23)21-14(22-18)8-24-17-10(2)19-12-6-4-5-7-13(12)20-17/h4-7H,8H2,1-3H3,(H,21,22,23). The number of nitrogens with one attached hydrogen (secondary N) is 1. The van der Waals surface area contributed by atoms with Crippen molar-refractivity contribution in [2.24, 2.45) is 0 Å². The maximum Gasteiger partial charge on any atom is 0.259 e. The second kappa shape index (κ2) is 6.24. The predicted molar refractivity (Wildman–Crippen MR) is 104 cm³/mol. The van der Waals surface area contributed by atoms with E-state index in [1.807, 2.05) is 45.0 Å². The van der Waals surface area contributed by atoms with Gasteiger partial charge >= 0.3 is 0 Å². The number of rotatable bonds is 3. The molecule has 25 heavy (non-hydrogen) atoms. The van der Waals surface area contributed by atoms with E-state index in [1.165, 1.54) is 0 Å². The van der Waals surface area contributed by atoms with Crippen LogP contribution in [0.4, 0.5) is 0 Å². The van der Waals surface area contributed by atoms with E-state index in [-0.39, 0.29) is 5.56 Å². The number of para-hydroxylation sites is 2. The van der Waals surface area contributed by atoms with E-state index in [0.717, 1.165) is 37.0 Å². The zero-order chi connectivity index (χ0) is 17.6. The molecule has 0 fully saturated rings. The molecule has 1 aromatic carbocycles. The molecule has 0 amide bonds. The maximum atomic E-state index is 12.4. The Morgan fingerprint density at radius 3 is 2.56 bits per heavy atom. The minimum atomic E-state index is -0.0660. The molecule has 0 aliphatic rings. The van der Waals surface area contributed by atoms with Crippen molar-refractivity contribution >= 4 is 44.3 Å². The predicted octanol–water partition coefficient (Wildman–Crippen LogP) is 4.15. The van der Waals surface area contributed by atoms with Gasteiger partial charge in [-0.2, -0.15) is 0 Å². The lowest BCUT2D eigenvalue weighted by atomic mass is 10.2. The third-order valence-electron chi connectivity index (χ3n) is 4.14. The highest BCUT2D eigenvalue weighted by Gasteiger charge is 2.13. The van der Waals surface area contributed by atoms with Crippen LogP contribution in [-0.4, -0.2) is 19.9 Å². The van der Waals surface area contributed by atoms with Crippen molar-refractivity contribution in [2.75, 3.05) is 0 Å². The molecule has 0 saturated heterocycles. The first-order valence-corrected chi connectivity index (χ1v) is 9.68. The van der Waals surface area contributed by atoms with E-state index in [4.69, 9.17) is 0 Å². The number of aryl methyl sites for hydroxylation is 3. The summed E-state index contributed by atoms with van der Waals surface area (Å²) >= 11 is 3.11. The number of benzene rings is 1. The molecule has 3 aromatic heterocycles. The molecular formula is C18H16N4OS2. The monoisotopic (exact) mass is 368 g/mol. The number of fused-ring (bicyclic) bond motifs is 2. The molecular weight excluding hydrogens is 352 g/mol.